The lowest BCUT2D eigenvalue weighted by Crippen LogP contribution is -2.59. The van der Waals surface area contributed by atoms with Crippen LogP contribution < -0.4 is 0 Å². The minimum Gasteiger partial charge on any atom is -0.337 e. The third-order valence-corrected chi connectivity index (χ3v) is 11.8. The Bertz CT molecular complexity index is 1170. The Hall–Kier alpha value is -3.30. The molecule has 5 fully saturated rings. The SMILES string of the molecule is CCCC[C@H](C(=O)N1CCN(C(=O)[C@H](CCCC)N2C(=O)[C@@H]3[C@H](C2=O)[C@H]2C=C[C@H]3C2)CC1)N1C(=O)[C@@H]2[C@H](C1=O)[C@H]1C=C[C@H]2C1. The van der Waals surface area contributed by atoms with E-state index in [0.29, 0.717) is 12.8 Å². The highest BCUT2D eigenvalue weighted by atomic mass is 16.2. The fraction of sp³-hybridized carbons (Fsp3) is 0.706. The molecular weight excluding hydrogens is 560 g/mol. The summed E-state index contributed by atoms with van der Waals surface area (Å²) in [7, 11) is 0. The molecule has 0 radical (unpaired) electrons. The van der Waals surface area contributed by atoms with E-state index in [0.717, 1.165) is 38.5 Å². The smallest absolute Gasteiger partial charge is 0.245 e. The zero-order valence-electron chi connectivity index (χ0n) is 25.8. The lowest BCUT2D eigenvalue weighted by molar-refractivity contribution is -0.156. The Kier molecular flexibility index (Phi) is 7.52. The normalized spacial score (nSPS) is 36.2. The molecule has 3 heterocycles. The van der Waals surface area contributed by atoms with Crippen LogP contribution in [0.25, 0.3) is 0 Å². The molecule has 3 saturated heterocycles. The molecule has 0 spiro atoms. The van der Waals surface area contributed by atoms with Gasteiger partial charge in [-0.05, 0) is 49.4 Å². The van der Waals surface area contributed by atoms with Crippen molar-refractivity contribution < 1.29 is 28.8 Å². The van der Waals surface area contributed by atoms with Gasteiger partial charge >= 0.3 is 0 Å². The van der Waals surface area contributed by atoms with Crippen LogP contribution in [0.1, 0.15) is 65.2 Å². The van der Waals surface area contributed by atoms with Crippen molar-refractivity contribution >= 4 is 35.4 Å². The van der Waals surface area contributed by atoms with Crippen LogP contribution in [0.2, 0.25) is 0 Å². The van der Waals surface area contributed by atoms with Gasteiger partial charge in [0, 0.05) is 26.2 Å². The van der Waals surface area contributed by atoms with E-state index < -0.39 is 12.1 Å². The average Bonchev–Trinajstić information content (AvgIpc) is 3.88. The second-order valence-corrected chi connectivity index (χ2v) is 14.1. The van der Waals surface area contributed by atoms with Crippen molar-refractivity contribution in [2.24, 2.45) is 47.3 Å². The Balaban J connectivity index is 1.03. The molecule has 10 atom stereocenters. The molecule has 0 unspecified atom stereocenters. The number of hydrogen-bond donors (Lipinski definition) is 0. The number of piperazine rings is 1. The van der Waals surface area contributed by atoms with E-state index in [-0.39, 0.29) is 109 Å². The average molecular weight is 605 g/mol. The maximum atomic E-state index is 14.0. The van der Waals surface area contributed by atoms with Crippen LogP contribution in [-0.4, -0.2) is 93.3 Å². The fourth-order valence-electron chi connectivity index (χ4n) is 9.55. The standard InChI is InChI=1S/C34H44N4O6/c1-3-5-7-23(37-31(41)25-19-9-10-20(17-19)26(25)32(37)42)29(39)35-13-15-36(16-14-35)30(40)24(8-6-4-2)38-33(43)27-21-11-12-22(18-21)28(27)34(38)44/h9-12,19-28H,3-8,13-18H2,1-2H3/t19-,20-,21-,22-,23-,24+,25-,26+,27-,28+/m0/s1. The highest BCUT2D eigenvalue weighted by Gasteiger charge is 2.62. The van der Waals surface area contributed by atoms with Crippen LogP contribution >= 0.6 is 0 Å². The van der Waals surface area contributed by atoms with Crippen LogP contribution in [0.15, 0.2) is 24.3 Å². The van der Waals surface area contributed by atoms with Crippen LogP contribution in [0.5, 0.6) is 0 Å². The minimum atomic E-state index is -0.817. The maximum absolute atomic E-state index is 14.0. The zero-order chi connectivity index (χ0) is 30.9. The van der Waals surface area contributed by atoms with Crippen molar-refractivity contribution in [2.75, 3.05) is 26.2 Å². The van der Waals surface area contributed by atoms with Gasteiger partial charge in [-0.25, -0.2) is 0 Å². The summed E-state index contributed by atoms with van der Waals surface area (Å²) in [6.45, 7) is 5.18. The molecule has 0 aromatic rings. The largest absolute Gasteiger partial charge is 0.337 e. The quantitative estimate of drug-likeness (QED) is 0.279. The topological polar surface area (TPSA) is 115 Å². The molecule has 0 N–H and O–H groups in total. The Morgan fingerprint density at radius 3 is 1.16 bits per heavy atom. The van der Waals surface area contributed by atoms with Crippen LogP contribution in [0.4, 0.5) is 0 Å². The molecule has 6 amide bonds. The number of fused-ring (bicyclic) bond motifs is 10. The molecule has 0 aromatic carbocycles. The van der Waals surface area contributed by atoms with Gasteiger partial charge in [-0.1, -0.05) is 63.8 Å². The summed E-state index contributed by atoms with van der Waals surface area (Å²) in [4.78, 5) is 88.1. The highest BCUT2D eigenvalue weighted by molar-refractivity contribution is 6.10. The molecule has 10 heteroatoms. The number of carbonyl (C=O) groups excluding carboxylic acids is 6. The molecule has 7 rings (SSSR count). The molecule has 7 aliphatic rings. The van der Waals surface area contributed by atoms with Gasteiger partial charge in [-0.2, -0.15) is 0 Å². The van der Waals surface area contributed by atoms with Gasteiger partial charge in [-0.3, -0.25) is 38.6 Å². The van der Waals surface area contributed by atoms with E-state index in [9.17, 15) is 28.8 Å². The fourth-order valence-corrected chi connectivity index (χ4v) is 9.55. The first-order valence-corrected chi connectivity index (χ1v) is 16.9. The molecule has 10 nitrogen and oxygen atoms in total. The first-order chi connectivity index (χ1) is 21.3. The first-order valence-electron chi connectivity index (χ1n) is 16.9. The number of rotatable bonds is 10. The van der Waals surface area contributed by atoms with Crippen molar-refractivity contribution in [1.29, 1.82) is 0 Å². The van der Waals surface area contributed by atoms with Crippen molar-refractivity contribution in [1.82, 2.24) is 19.6 Å². The molecule has 2 saturated carbocycles. The predicted octanol–water partition coefficient (Wildman–Crippen LogP) is 2.39. The van der Waals surface area contributed by atoms with Gasteiger partial charge < -0.3 is 9.80 Å². The number of imide groups is 2. The summed E-state index contributed by atoms with van der Waals surface area (Å²) in [5, 5.41) is 0. The minimum absolute atomic E-state index is 0.0870. The zero-order valence-corrected chi connectivity index (χ0v) is 25.8. The van der Waals surface area contributed by atoms with E-state index in [2.05, 4.69) is 24.3 Å². The number of hydrogen-bond acceptors (Lipinski definition) is 6. The molecular formula is C34H44N4O6. The van der Waals surface area contributed by atoms with E-state index in [4.69, 9.17) is 0 Å². The van der Waals surface area contributed by atoms with Gasteiger partial charge in [0.2, 0.25) is 35.4 Å². The number of likely N-dealkylation sites (tertiary alicyclic amines) is 2. The molecule has 4 aliphatic carbocycles. The highest BCUT2D eigenvalue weighted by Crippen LogP contribution is 2.54. The summed E-state index contributed by atoms with van der Waals surface area (Å²) >= 11 is 0. The van der Waals surface area contributed by atoms with Crippen molar-refractivity contribution in [3.63, 3.8) is 0 Å². The molecule has 3 aliphatic heterocycles. The van der Waals surface area contributed by atoms with Crippen molar-refractivity contribution in [3.8, 4) is 0 Å². The van der Waals surface area contributed by atoms with E-state index in [1.807, 2.05) is 13.8 Å². The van der Waals surface area contributed by atoms with Crippen LogP contribution in [0.3, 0.4) is 0 Å². The summed E-state index contributed by atoms with van der Waals surface area (Å²) in [5.41, 5.74) is 0. The lowest BCUT2D eigenvalue weighted by Gasteiger charge is -2.40. The third-order valence-electron chi connectivity index (χ3n) is 11.8. The van der Waals surface area contributed by atoms with E-state index in [1.165, 1.54) is 9.80 Å². The second kappa shape index (κ2) is 11.2. The molecule has 236 valence electrons. The number of nitrogens with zero attached hydrogens (tertiary/aromatic N) is 4. The van der Waals surface area contributed by atoms with Gasteiger partial charge in [0.05, 0.1) is 23.7 Å². The molecule has 0 aromatic heterocycles. The summed E-state index contributed by atoms with van der Waals surface area (Å²) in [5.74, 6) is -2.28. The van der Waals surface area contributed by atoms with Crippen LogP contribution in [0, 0.1) is 47.3 Å². The Morgan fingerprint density at radius 1 is 0.591 bits per heavy atom. The summed E-state index contributed by atoms with van der Waals surface area (Å²) in [6.07, 6.45) is 13.9. The van der Waals surface area contributed by atoms with Crippen molar-refractivity contribution in [2.45, 2.75) is 77.3 Å². The van der Waals surface area contributed by atoms with E-state index >= 15 is 0 Å². The Morgan fingerprint density at radius 2 is 0.886 bits per heavy atom. The van der Waals surface area contributed by atoms with E-state index in [1.54, 1.807) is 9.80 Å². The number of allylic oxidation sites excluding steroid dienone is 4. The molecule has 4 bridgehead atoms. The number of unbranched alkanes of at least 4 members (excludes halogenated alkanes) is 2. The van der Waals surface area contributed by atoms with Crippen LogP contribution in [-0.2, 0) is 28.8 Å². The molecule has 44 heavy (non-hydrogen) atoms. The van der Waals surface area contributed by atoms with Gasteiger partial charge in [-0.15, -0.1) is 0 Å². The monoisotopic (exact) mass is 604 g/mol. The summed E-state index contributed by atoms with van der Waals surface area (Å²) < 4.78 is 0. The van der Waals surface area contributed by atoms with Gasteiger partial charge in [0.25, 0.3) is 0 Å². The Labute approximate surface area is 258 Å². The number of amides is 6. The predicted molar refractivity (Wildman–Crippen MR) is 159 cm³/mol. The van der Waals surface area contributed by atoms with Crippen molar-refractivity contribution in [3.05, 3.63) is 24.3 Å². The van der Waals surface area contributed by atoms with Gasteiger partial charge in [0.15, 0.2) is 0 Å². The van der Waals surface area contributed by atoms with Gasteiger partial charge in [0.1, 0.15) is 12.1 Å². The number of carbonyl (C=O) groups is 6. The first kappa shape index (κ1) is 29.4. The third kappa shape index (κ3) is 4.33. The second-order valence-electron chi connectivity index (χ2n) is 14.1. The summed E-state index contributed by atoms with van der Waals surface area (Å²) in [6, 6.07) is -1.63. The maximum Gasteiger partial charge on any atom is 0.245 e. The lowest BCUT2D eigenvalue weighted by atomic mass is 9.85.